The zero-order chi connectivity index (χ0) is 16.2. The molecule has 3 rings (SSSR count). The molecule has 0 saturated carbocycles. The normalized spacial score (nSPS) is 21.9. The molecule has 1 aliphatic heterocycles. The molecule has 1 aliphatic rings. The molecule has 0 aromatic carbocycles. The van der Waals surface area contributed by atoms with E-state index >= 15 is 0 Å². The minimum Gasteiger partial charge on any atom is -0.378 e. The van der Waals surface area contributed by atoms with E-state index in [0.29, 0.717) is 23.8 Å². The molecule has 6 heteroatoms. The summed E-state index contributed by atoms with van der Waals surface area (Å²) in [5.41, 5.74) is 1.04. The van der Waals surface area contributed by atoms with Crippen LogP contribution in [0.25, 0.3) is 5.78 Å². The summed E-state index contributed by atoms with van der Waals surface area (Å²) in [4.78, 5) is 8.73. The van der Waals surface area contributed by atoms with Crippen LogP contribution in [0.15, 0.2) is 12.4 Å². The third-order valence-electron chi connectivity index (χ3n) is 4.91. The topological polar surface area (TPSA) is 64.3 Å². The highest BCUT2D eigenvalue weighted by molar-refractivity contribution is 5.45. The van der Waals surface area contributed by atoms with Gasteiger partial charge in [0, 0.05) is 24.4 Å². The lowest BCUT2D eigenvalue weighted by molar-refractivity contribution is -0.0271. The quantitative estimate of drug-likeness (QED) is 0.887. The molecule has 0 radical (unpaired) electrons. The first-order chi connectivity index (χ1) is 11.2. The molecular weight excluding hydrogens is 290 g/mol. The highest BCUT2D eigenvalue weighted by Gasteiger charge is 2.28. The number of nitrogens with zero attached hydrogens (tertiary/aromatic N) is 4. The SMILES string of the molecule is CCc1cc(NC2CCOC(C(CC)CC)C2)n2ncnc2n1. The van der Waals surface area contributed by atoms with Crippen molar-refractivity contribution in [2.45, 2.75) is 65.0 Å². The molecule has 126 valence electrons. The summed E-state index contributed by atoms with van der Waals surface area (Å²) >= 11 is 0. The molecule has 0 spiro atoms. The van der Waals surface area contributed by atoms with Crippen molar-refractivity contribution in [1.29, 1.82) is 0 Å². The van der Waals surface area contributed by atoms with E-state index in [4.69, 9.17) is 4.74 Å². The molecule has 1 saturated heterocycles. The lowest BCUT2D eigenvalue weighted by Crippen LogP contribution is -2.38. The van der Waals surface area contributed by atoms with Crippen LogP contribution in [0.5, 0.6) is 0 Å². The van der Waals surface area contributed by atoms with Gasteiger partial charge in [0.2, 0.25) is 0 Å². The van der Waals surface area contributed by atoms with Gasteiger partial charge in [-0.1, -0.05) is 33.6 Å². The largest absolute Gasteiger partial charge is 0.378 e. The maximum Gasteiger partial charge on any atom is 0.254 e. The number of hydrogen-bond acceptors (Lipinski definition) is 5. The minimum absolute atomic E-state index is 0.356. The van der Waals surface area contributed by atoms with Gasteiger partial charge in [0.15, 0.2) is 0 Å². The van der Waals surface area contributed by atoms with Gasteiger partial charge in [0.1, 0.15) is 12.1 Å². The molecule has 6 nitrogen and oxygen atoms in total. The second-order valence-corrected chi connectivity index (χ2v) is 6.31. The smallest absolute Gasteiger partial charge is 0.254 e. The fourth-order valence-corrected chi connectivity index (χ4v) is 3.46. The highest BCUT2D eigenvalue weighted by Crippen LogP contribution is 2.27. The van der Waals surface area contributed by atoms with Crippen LogP contribution in [0.2, 0.25) is 0 Å². The van der Waals surface area contributed by atoms with Gasteiger partial charge < -0.3 is 10.1 Å². The van der Waals surface area contributed by atoms with Crippen molar-refractivity contribution >= 4 is 11.6 Å². The first-order valence-corrected chi connectivity index (χ1v) is 8.82. The van der Waals surface area contributed by atoms with Crippen molar-refractivity contribution in [3.05, 3.63) is 18.1 Å². The Kier molecular flexibility index (Phi) is 5.10. The van der Waals surface area contributed by atoms with Crippen molar-refractivity contribution in [3.63, 3.8) is 0 Å². The van der Waals surface area contributed by atoms with Gasteiger partial charge in [-0.15, -0.1) is 0 Å². The van der Waals surface area contributed by atoms with E-state index in [2.05, 4.69) is 47.2 Å². The molecule has 1 fully saturated rings. The lowest BCUT2D eigenvalue weighted by Gasteiger charge is -2.34. The van der Waals surface area contributed by atoms with E-state index < -0.39 is 0 Å². The fourth-order valence-electron chi connectivity index (χ4n) is 3.46. The van der Waals surface area contributed by atoms with Gasteiger partial charge in [0.25, 0.3) is 5.78 Å². The molecule has 2 aromatic heterocycles. The first-order valence-electron chi connectivity index (χ1n) is 8.82. The first kappa shape index (κ1) is 16.2. The number of ether oxygens (including phenoxy) is 1. The number of aromatic nitrogens is 4. The molecule has 2 unspecified atom stereocenters. The Bertz CT molecular complexity index is 637. The van der Waals surface area contributed by atoms with Crippen LogP contribution < -0.4 is 5.32 Å². The van der Waals surface area contributed by atoms with Gasteiger partial charge in [-0.25, -0.2) is 4.98 Å². The Morgan fingerprint density at radius 3 is 2.91 bits per heavy atom. The Hall–Kier alpha value is -1.69. The zero-order valence-corrected chi connectivity index (χ0v) is 14.3. The van der Waals surface area contributed by atoms with E-state index in [1.54, 1.807) is 10.8 Å². The minimum atomic E-state index is 0.356. The van der Waals surface area contributed by atoms with Crippen LogP contribution in [0, 0.1) is 5.92 Å². The summed E-state index contributed by atoms with van der Waals surface area (Å²) in [7, 11) is 0. The lowest BCUT2D eigenvalue weighted by atomic mass is 9.89. The monoisotopic (exact) mass is 317 g/mol. The summed E-state index contributed by atoms with van der Waals surface area (Å²) in [6.45, 7) is 7.44. The Labute approximate surface area is 137 Å². The van der Waals surface area contributed by atoms with Gasteiger partial charge in [-0.2, -0.15) is 14.6 Å². The van der Waals surface area contributed by atoms with Crippen LogP contribution in [0.1, 0.15) is 52.1 Å². The second-order valence-electron chi connectivity index (χ2n) is 6.31. The highest BCUT2D eigenvalue weighted by atomic mass is 16.5. The Morgan fingerprint density at radius 1 is 1.35 bits per heavy atom. The van der Waals surface area contributed by atoms with Crippen LogP contribution in [-0.2, 0) is 11.2 Å². The third-order valence-corrected chi connectivity index (χ3v) is 4.91. The van der Waals surface area contributed by atoms with Crippen molar-refractivity contribution in [3.8, 4) is 0 Å². The number of nitrogens with one attached hydrogen (secondary N) is 1. The van der Waals surface area contributed by atoms with Crippen LogP contribution >= 0.6 is 0 Å². The van der Waals surface area contributed by atoms with E-state index in [1.807, 2.05) is 0 Å². The van der Waals surface area contributed by atoms with E-state index in [1.165, 1.54) is 12.8 Å². The van der Waals surface area contributed by atoms with Crippen LogP contribution in [0.4, 0.5) is 5.82 Å². The van der Waals surface area contributed by atoms with Crippen molar-refractivity contribution in [1.82, 2.24) is 19.6 Å². The summed E-state index contributed by atoms with van der Waals surface area (Å²) in [6.07, 6.45) is 7.23. The van der Waals surface area contributed by atoms with Gasteiger partial charge in [-0.05, 0) is 25.2 Å². The van der Waals surface area contributed by atoms with Gasteiger partial charge in [0.05, 0.1) is 6.10 Å². The number of fused-ring (bicyclic) bond motifs is 1. The predicted octanol–water partition coefficient (Wildman–Crippen LogP) is 3.08. The molecule has 3 heterocycles. The van der Waals surface area contributed by atoms with Crippen LogP contribution in [0.3, 0.4) is 0 Å². The molecule has 2 aromatic rings. The summed E-state index contributed by atoms with van der Waals surface area (Å²) in [5, 5.41) is 7.95. The summed E-state index contributed by atoms with van der Waals surface area (Å²) < 4.78 is 7.81. The predicted molar refractivity (Wildman–Crippen MR) is 90.6 cm³/mol. The van der Waals surface area contributed by atoms with Crippen molar-refractivity contribution < 1.29 is 4.74 Å². The van der Waals surface area contributed by atoms with E-state index in [9.17, 15) is 0 Å². The van der Waals surface area contributed by atoms with Crippen LogP contribution in [-0.4, -0.2) is 38.3 Å². The van der Waals surface area contributed by atoms with Crippen molar-refractivity contribution in [2.24, 2.45) is 5.92 Å². The number of hydrogen-bond donors (Lipinski definition) is 1. The van der Waals surface area contributed by atoms with E-state index in [0.717, 1.165) is 37.4 Å². The Balaban J connectivity index is 1.77. The number of aryl methyl sites for hydroxylation is 1. The average molecular weight is 317 g/mol. The summed E-state index contributed by atoms with van der Waals surface area (Å²) in [5.74, 6) is 2.30. The Morgan fingerprint density at radius 2 is 2.17 bits per heavy atom. The average Bonchev–Trinajstić information content (AvgIpc) is 3.05. The zero-order valence-electron chi connectivity index (χ0n) is 14.3. The molecular formula is C17H27N5O. The second kappa shape index (κ2) is 7.25. The molecule has 23 heavy (non-hydrogen) atoms. The van der Waals surface area contributed by atoms with Gasteiger partial charge in [-0.3, -0.25) is 0 Å². The molecule has 1 N–H and O–H groups in total. The number of rotatable bonds is 6. The maximum atomic E-state index is 6.02. The molecule has 0 aliphatic carbocycles. The van der Waals surface area contributed by atoms with Gasteiger partial charge >= 0.3 is 0 Å². The maximum absolute atomic E-state index is 6.02. The third kappa shape index (κ3) is 3.47. The fraction of sp³-hybridized carbons (Fsp3) is 0.706. The standard InChI is InChI=1S/C17H27N5O/c1-4-12(5-2)15-9-14(7-8-23-15)20-16-10-13(6-3)21-17-18-11-19-22(16)17/h10-12,14-15,20H,4-9H2,1-3H3. The number of anilines is 1. The van der Waals surface area contributed by atoms with Crippen molar-refractivity contribution in [2.75, 3.05) is 11.9 Å². The van der Waals surface area contributed by atoms with E-state index in [-0.39, 0.29) is 0 Å². The summed E-state index contributed by atoms with van der Waals surface area (Å²) in [6, 6.07) is 2.50. The molecule has 0 bridgehead atoms. The molecule has 2 atom stereocenters. The molecule has 0 amide bonds.